The quantitative estimate of drug-likeness (QED) is 0.189. The van der Waals surface area contributed by atoms with Crippen molar-refractivity contribution in [3.8, 4) is 33.7 Å². The van der Waals surface area contributed by atoms with Crippen molar-refractivity contribution in [1.82, 2.24) is 4.98 Å². The molecule has 0 saturated heterocycles. The maximum absolute atomic E-state index is 6.53. The third kappa shape index (κ3) is 4.75. The van der Waals surface area contributed by atoms with E-state index in [9.17, 15) is 0 Å². The first-order valence-electron chi connectivity index (χ1n) is 15.7. The van der Waals surface area contributed by atoms with Crippen molar-refractivity contribution >= 4 is 50.1 Å². The number of rotatable bonds is 6. The van der Waals surface area contributed by atoms with E-state index in [-0.39, 0.29) is 0 Å². The molecule has 0 aliphatic carbocycles. The van der Waals surface area contributed by atoms with E-state index in [2.05, 4.69) is 120 Å². The standard InChI is InChI=1S/C43H28N2O2/c1-3-12-29(13-4-1)31-24-26-33(27-25-31)45(34-17-9-16-32(28-34)30-14-5-2-6-15-30)37-20-11-23-40-42(37)41-35(18-10-22-39(41)46-40)43-44-36-19-7-8-21-38(36)47-43/h1-28H. The highest BCUT2D eigenvalue weighted by Gasteiger charge is 2.23. The third-order valence-corrected chi connectivity index (χ3v) is 8.71. The van der Waals surface area contributed by atoms with Crippen molar-refractivity contribution in [1.29, 1.82) is 0 Å². The van der Waals surface area contributed by atoms with Crippen molar-refractivity contribution in [2.24, 2.45) is 0 Å². The summed E-state index contributed by atoms with van der Waals surface area (Å²) in [5.74, 6) is 0.569. The van der Waals surface area contributed by atoms with E-state index in [1.807, 2.05) is 54.6 Å². The van der Waals surface area contributed by atoms with Gasteiger partial charge in [-0.1, -0.05) is 109 Å². The van der Waals surface area contributed by atoms with Crippen molar-refractivity contribution in [3.05, 3.63) is 170 Å². The van der Waals surface area contributed by atoms with Crippen molar-refractivity contribution in [2.45, 2.75) is 0 Å². The number of furan rings is 1. The molecule has 0 aliphatic heterocycles. The zero-order chi connectivity index (χ0) is 31.2. The minimum Gasteiger partial charge on any atom is -0.456 e. The zero-order valence-corrected chi connectivity index (χ0v) is 25.4. The summed E-state index contributed by atoms with van der Waals surface area (Å²) in [6, 6.07) is 58.7. The van der Waals surface area contributed by atoms with Crippen LogP contribution in [0.15, 0.2) is 179 Å². The molecule has 4 nitrogen and oxygen atoms in total. The fourth-order valence-corrected chi connectivity index (χ4v) is 6.52. The number of para-hydroxylation sites is 2. The minimum atomic E-state index is 0.569. The van der Waals surface area contributed by atoms with Crippen LogP contribution in [0.4, 0.5) is 17.1 Å². The Bertz CT molecular complexity index is 2480. The molecule has 2 aromatic heterocycles. The van der Waals surface area contributed by atoms with Crippen LogP contribution in [0.25, 0.3) is 66.7 Å². The molecule has 0 bridgehead atoms. The normalized spacial score (nSPS) is 11.4. The van der Waals surface area contributed by atoms with Gasteiger partial charge in [-0.05, 0) is 82.9 Å². The van der Waals surface area contributed by atoms with Crippen LogP contribution in [0.3, 0.4) is 0 Å². The van der Waals surface area contributed by atoms with Crippen LogP contribution < -0.4 is 4.90 Å². The third-order valence-electron chi connectivity index (χ3n) is 8.71. The van der Waals surface area contributed by atoms with Crippen molar-refractivity contribution in [2.75, 3.05) is 4.90 Å². The highest BCUT2D eigenvalue weighted by Crippen LogP contribution is 2.46. The predicted molar refractivity (Wildman–Crippen MR) is 192 cm³/mol. The van der Waals surface area contributed by atoms with Gasteiger partial charge >= 0.3 is 0 Å². The average Bonchev–Trinajstić information content (AvgIpc) is 3.75. The van der Waals surface area contributed by atoms with Crippen molar-refractivity contribution in [3.63, 3.8) is 0 Å². The first-order chi connectivity index (χ1) is 23.3. The van der Waals surface area contributed by atoms with E-state index in [0.29, 0.717) is 5.89 Å². The molecule has 0 saturated carbocycles. The maximum Gasteiger partial charge on any atom is 0.228 e. The Morgan fingerprint density at radius 1 is 0.404 bits per heavy atom. The van der Waals surface area contributed by atoms with E-state index < -0.39 is 0 Å². The van der Waals surface area contributed by atoms with Gasteiger partial charge in [-0.15, -0.1) is 0 Å². The smallest absolute Gasteiger partial charge is 0.228 e. The van der Waals surface area contributed by atoms with Gasteiger partial charge < -0.3 is 13.7 Å². The Morgan fingerprint density at radius 2 is 1.00 bits per heavy atom. The molecule has 0 amide bonds. The number of hydrogen-bond donors (Lipinski definition) is 0. The SMILES string of the molecule is c1ccc(-c2ccc(N(c3cccc(-c4ccccc4)c3)c3cccc4oc5cccc(-c6nc7ccccc7o6)c5c34)cc2)cc1. The van der Waals surface area contributed by atoms with Crippen LogP contribution >= 0.6 is 0 Å². The van der Waals surface area contributed by atoms with Crippen molar-refractivity contribution < 1.29 is 8.83 Å². The van der Waals surface area contributed by atoms with Crippen LogP contribution in [-0.4, -0.2) is 4.98 Å². The molecule has 0 N–H and O–H groups in total. The fraction of sp³-hybridized carbons (Fsp3) is 0. The molecule has 0 fully saturated rings. The van der Waals surface area contributed by atoms with Gasteiger partial charge in [0.15, 0.2) is 5.58 Å². The lowest BCUT2D eigenvalue weighted by molar-refractivity contribution is 0.620. The lowest BCUT2D eigenvalue weighted by atomic mass is 10.0. The van der Waals surface area contributed by atoms with Crippen LogP contribution in [-0.2, 0) is 0 Å². The molecule has 0 spiro atoms. The zero-order valence-electron chi connectivity index (χ0n) is 25.4. The molecular formula is C43H28N2O2. The van der Waals surface area contributed by atoms with Crippen LogP contribution in [0.1, 0.15) is 0 Å². The fourth-order valence-electron chi connectivity index (χ4n) is 6.52. The first kappa shape index (κ1) is 27.0. The largest absolute Gasteiger partial charge is 0.456 e. The number of anilines is 3. The van der Waals surface area contributed by atoms with Gasteiger partial charge in [0.1, 0.15) is 16.7 Å². The second-order valence-corrected chi connectivity index (χ2v) is 11.6. The highest BCUT2D eigenvalue weighted by molar-refractivity contribution is 6.18. The summed E-state index contributed by atoms with van der Waals surface area (Å²) in [5, 5.41) is 1.97. The van der Waals surface area contributed by atoms with Crippen LogP contribution in [0.2, 0.25) is 0 Å². The second kappa shape index (κ2) is 11.2. The number of oxazole rings is 1. The molecule has 9 aromatic rings. The predicted octanol–water partition coefficient (Wildman–Crippen LogP) is 12.2. The summed E-state index contributed by atoms with van der Waals surface area (Å²) in [6.45, 7) is 0. The molecule has 0 unspecified atom stereocenters. The summed E-state index contributed by atoms with van der Waals surface area (Å²) in [7, 11) is 0. The Labute approximate surface area is 271 Å². The molecule has 4 heteroatoms. The van der Waals surface area contributed by atoms with Crippen LogP contribution in [0, 0.1) is 0 Å². The number of fused-ring (bicyclic) bond motifs is 4. The Balaban J connectivity index is 1.29. The van der Waals surface area contributed by atoms with Gasteiger partial charge in [0.25, 0.3) is 0 Å². The summed E-state index contributed by atoms with van der Waals surface area (Å²) in [4.78, 5) is 7.19. The van der Waals surface area contributed by atoms with E-state index in [4.69, 9.17) is 13.8 Å². The van der Waals surface area contributed by atoms with Crippen LogP contribution in [0.5, 0.6) is 0 Å². The molecule has 9 rings (SSSR count). The Hall–Kier alpha value is -6.39. The average molecular weight is 605 g/mol. The van der Waals surface area contributed by atoms with Gasteiger partial charge in [-0.3, -0.25) is 0 Å². The van der Waals surface area contributed by atoms with E-state index in [0.717, 1.165) is 66.8 Å². The molecule has 222 valence electrons. The first-order valence-corrected chi connectivity index (χ1v) is 15.7. The maximum atomic E-state index is 6.53. The second-order valence-electron chi connectivity index (χ2n) is 11.6. The van der Waals surface area contributed by atoms with E-state index in [1.54, 1.807) is 0 Å². The molecule has 0 aliphatic rings. The highest BCUT2D eigenvalue weighted by atomic mass is 16.3. The summed E-state index contributed by atoms with van der Waals surface area (Å²) in [6.07, 6.45) is 0. The Kier molecular flexibility index (Phi) is 6.43. The van der Waals surface area contributed by atoms with Gasteiger partial charge in [-0.2, -0.15) is 0 Å². The van der Waals surface area contributed by atoms with E-state index in [1.165, 1.54) is 11.1 Å². The molecule has 0 atom stereocenters. The van der Waals surface area contributed by atoms with E-state index >= 15 is 0 Å². The summed E-state index contributed by atoms with van der Waals surface area (Å²) < 4.78 is 12.8. The topological polar surface area (TPSA) is 42.4 Å². The molecule has 0 radical (unpaired) electrons. The number of hydrogen-bond acceptors (Lipinski definition) is 4. The molecule has 7 aromatic carbocycles. The Morgan fingerprint density at radius 3 is 1.77 bits per heavy atom. The number of benzene rings is 7. The molecule has 2 heterocycles. The molecule has 47 heavy (non-hydrogen) atoms. The number of nitrogens with zero attached hydrogens (tertiary/aromatic N) is 2. The summed E-state index contributed by atoms with van der Waals surface area (Å²) in [5.41, 5.74) is 11.8. The number of aromatic nitrogens is 1. The monoisotopic (exact) mass is 604 g/mol. The molecular weight excluding hydrogens is 576 g/mol. The van der Waals surface area contributed by atoms with Gasteiger partial charge in [0.05, 0.1) is 11.1 Å². The minimum absolute atomic E-state index is 0.569. The van der Waals surface area contributed by atoms with Gasteiger partial charge in [-0.25, -0.2) is 4.98 Å². The lowest BCUT2D eigenvalue weighted by Crippen LogP contribution is -2.10. The van der Waals surface area contributed by atoms with Gasteiger partial charge in [0, 0.05) is 22.3 Å². The lowest BCUT2D eigenvalue weighted by Gasteiger charge is -2.27. The summed E-state index contributed by atoms with van der Waals surface area (Å²) >= 11 is 0. The van der Waals surface area contributed by atoms with Gasteiger partial charge in [0.2, 0.25) is 5.89 Å².